The Hall–Kier alpha value is -7.87. The Bertz CT molecular complexity index is 3420. The topological polar surface area (TPSA) is 69.4 Å². The number of hydrogen-bond acceptors (Lipinski definition) is 6. The Morgan fingerprint density at radius 3 is 1.57 bits per heavy atom. The standard InChI is InChI=1S/C54H36N6S/c1-3-41(4-2)60-45-21-13-11-19-42(45)44-33-40(31-32-46(44)60)54-55-48(50-49(56-54)43-20-12-14-22-47(43)61-50)36-27-23-34(24-28-36)35-25-29-39(30-26-35)53-58-51(37-15-7-5-8-16-37)57-52(59-53)38-17-9-6-10-18-38/h3-33H,1H2,2H3/b41-4+. The number of para-hydroxylation sites is 1. The highest BCUT2D eigenvalue weighted by atomic mass is 32.1. The van der Waals surface area contributed by atoms with Crippen LogP contribution in [-0.2, 0) is 0 Å². The summed E-state index contributed by atoms with van der Waals surface area (Å²) in [7, 11) is 0. The lowest BCUT2D eigenvalue weighted by Gasteiger charge is -2.10. The predicted octanol–water partition coefficient (Wildman–Crippen LogP) is 14.2. The van der Waals surface area contributed by atoms with Gasteiger partial charge in [0, 0.05) is 54.4 Å². The Labute approximate surface area is 356 Å². The third kappa shape index (κ3) is 6.39. The van der Waals surface area contributed by atoms with E-state index < -0.39 is 0 Å². The van der Waals surface area contributed by atoms with Crippen LogP contribution in [0.1, 0.15) is 6.92 Å². The number of hydrogen-bond donors (Lipinski definition) is 0. The molecule has 4 heterocycles. The second-order valence-corrected chi connectivity index (χ2v) is 15.9. The first-order valence-corrected chi connectivity index (χ1v) is 21.1. The van der Waals surface area contributed by atoms with E-state index >= 15 is 0 Å². The van der Waals surface area contributed by atoms with Gasteiger partial charge in [0.15, 0.2) is 23.3 Å². The molecule has 0 amide bonds. The summed E-state index contributed by atoms with van der Waals surface area (Å²) < 4.78 is 4.54. The van der Waals surface area contributed by atoms with Crippen LogP contribution >= 0.6 is 11.3 Å². The fourth-order valence-corrected chi connectivity index (χ4v) is 9.37. The van der Waals surface area contributed by atoms with Gasteiger partial charge in [0.05, 0.1) is 26.9 Å². The zero-order chi connectivity index (χ0) is 40.9. The highest BCUT2D eigenvalue weighted by Gasteiger charge is 2.19. The maximum atomic E-state index is 5.35. The van der Waals surface area contributed by atoms with E-state index in [1.165, 1.54) is 10.1 Å². The van der Waals surface area contributed by atoms with E-state index in [9.17, 15) is 0 Å². The van der Waals surface area contributed by atoms with Gasteiger partial charge >= 0.3 is 0 Å². The van der Waals surface area contributed by atoms with Crippen molar-refractivity contribution in [2.75, 3.05) is 0 Å². The van der Waals surface area contributed by atoms with E-state index in [0.29, 0.717) is 23.3 Å². The maximum absolute atomic E-state index is 5.35. The van der Waals surface area contributed by atoms with Crippen molar-refractivity contribution in [1.29, 1.82) is 0 Å². The molecule has 7 aromatic carbocycles. The van der Waals surface area contributed by atoms with Crippen molar-refractivity contribution < 1.29 is 0 Å². The van der Waals surface area contributed by atoms with Crippen LogP contribution in [0.25, 0.3) is 116 Å². The molecule has 0 N–H and O–H groups in total. The first kappa shape index (κ1) is 36.2. The number of nitrogens with zero attached hydrogens (tertiary/aromatic N) is 6. The van der Waals surface area contributed by atoms with Crippen molar-refractivity contribution >= 4 is 59.1 Å². The average Bonchev–Trinajstić information content (AvgIpc) is 3.88. The zero-order valence-electron chi connectivity index (χ0n) is 33.2. The highest BCUT2D eigenvalue weighted by Crippen LogP contribution is 2.41. The first-order valence-electron chi connectivity index (χ1n) is 20.2. The number of benzene rings is 7. The summed E-state index contributed by atoms with van der Waals surface area (Å²) in [6, 6.07) is 60.8. The molecule has 0 spiro atoms. The normalized spacial score (nSPS) is 11.9. The molecule has 0 unspecified atom stereocenters. The van der Waals surface area contributed by atoms with E-state index in [2.05, 4.69) is 132 Å². The fourth-order valence-electron chi connectivity index (χ4n) is 8.21. The van der Waals surface area contributed by atoms with E-state index in [0.717, 1.165) is 82.4 Å². The highest BCUT2D eigenvalue weighted by molar-refractivity contribution is 7.26. The van der Waals surface area contributed by atoms with Gasteiger partial charge in [-0.25, -0.2) is 24.9 Å². The minimum atomic E-state index is 0.630. The fraction of sp³-hybridized carbons (Fsp3) is 0.0185. The quantitative estimate of drug-likeness (QED) is 0.143. The molecule has 6 nitrogen and oxygen atoms in total. The lowest BCUT2D eigenvalue weighted by molar-refractivity contribution is 1.07. The molecule has 0 saturated heterocycles. The summed E-state index contributed by atoms with van der Waals surface area (Å²) in [5.41, 5.74) is 12.2. The van der Waals surface area contributed by atoms with Crippen LogP contribution in [-0.4, -0.2) is 29.5 Å². The minimum absolute atomic E-state index is 0.630. The molecule has 0 atom stereocenters. The second kappa shape index (κ2) is 15.1. The summed E-state index contributed by atoms with van der Waals surface area (Å²) in [5, 5.41) is 3.46. The summed E-state index contributed by atoms with van der Waals surface area (Å²) in [5.74, 6) is 2.61. The molecule has 4 aromatic heterocycles. The third-order valence-corrected chi connectivity index (χ3v) is 12.4. The van der Waals surface area contributed by atoms with E-state index in [1.807, 2.05) is 73.7 Å². The molecule has 11 aromatic rings. The number of allylic oxidation sites excluding steroid dienone is 3. The molecule has 0 aliphatic heterocycles. The van der Waals surface area contributed by atoms with E-state index in [4.69, 9.17) is 24.9 Å². The molecule has 0 aliphatic carbocycles. The Morgan fingerprint density at radius 1 is 0.459 bits per heavy atom. The smallest absolute Gasteiger partial charge is 0.164 e. The number of aromatic nitrogens is 6. The van der Waals surface area contributed by atoms with E-state index in [-0.39, 0.29) is 0 Å². The molecule has 61 heavy (non-hydrogen) atoms. The van der Waals surface area contributed by atoms with Gasteiger partial charge in [-0.2, -0.15) is 0 Å². The molecule has 0 bridgehead atoms. The van der Waals surface area contributed by atoms with Gasteiger partial charge < -0.3 is 4.57 Å². The first-order chi connectivity index (χ1) is 30.1. The summed E-state index contributed by atoms with van der Waals surface area (Å²) in [6.45, 7) is 6.15. The number of fused-ring (bicyclic) bond motifs is 6. The van der Waals surface area contributed by atoms with Crippen molar-refractivity contribution in [3.63, 3.8) is 0 Å². The van der Waals surface area contributed by atoms with Gasteiger partial charge in [0.25, 0.3) is 0 Å². The lowest BCUT2D eigenvalue weighted by Crippen LogP contribution is -2.00. The third-order valence-electron chi connectivity index (χ3n) is 11.2. The van der Waals surface area contributed by atoms with Crippen LogP contribution in [0.3, 0.4) is 0 Å². The van der Waals surface area contributed by atoms with Crippen LogP contribution in [0.4, 0.5) is 0 Å². The molecule has 0 saturated carbocycles. The van der Waals surface area contributed by atoms with Gasteiger partial charge in [-0.05, 0) is 54.5 Å². The summed E-state index contributed by atoms with van der Waals surface area (Å²) in [4.78, 5) is 25.3. The molecule has 0 aliphatic rings. The minimum Gasteiger partial charge on any atom is -0.310 e. The van der Waals surface area contributed by atoms with Crippen LogP contribution in [0.5, 0.6) is 0 Å². The van der Waals surface area contributed by atoms with Crippen molar-refractivity contribution in [2.24, 2.45) is 0 Å². The molecule has 7 heteroatoms. The van der Waals surface area contributed by atoms with Gasteiger partial charge in [-0.1, -0.05) is 158 Å². The van der Waals surface area contributed by atoms with E-state index in [1.54, 1.807) is 11.3 Å². The van der Waals surface area contributed by atoms with Gasteiger partial charge in [0.1, 0.15) is 0 Å². The molecular weight excluding hydrogens is 765 g/mol. The van der Waals surface area contributed by atoms with Crippen molar-refractivity contribution in [3.05, 3.63) is 195 Å². The average molecular weight is 801 g/mol. The molecular formula is C54H36N6S. The van der Waals surface area contributed by atoms with Gasteiger partial charge in [-0.3, -0.25) is 0 Å². The van der Waals surface area contributed by atoms with Crippen LogP contribution in [0.2, 0.25) is 0 Å². The van der Waals surface area contributed by atoms with Crippen molar-refractivity contribution in [2.45, 2.75) is 6.92 Å². The van der Waals surface area contributed by atoms with Gasteiger partial charge in [0.2, 0.25) is 0 Å². The predicted molar refractivity (Wildman–Crippen MR) is 254 cm³/mol. The monoisotopic (exact) mass is 800 g/mol. The second-order valence-electron chi connectivity index (χ2n) is 14.9. The lowest BCUT2D eigenvalue weighted by atomic mass is 10.0. The summed E-state index contributed by atoms with van der Waals surface area (Å²) >= 11 is 1.74. The maximum Gasteiger partial charge on any atom is 0.164 e. The number of rotatable bonds is 8. The number of thiophene rings is 1. The van der Waals surface area contributed by atoms with Crippen LogP contribution in [0.15, 0.2) is 195 Å². The van der Waals surface area contributed by atoms with Crippen molar-refractivity contribution in [3.8, 4) is 67.9 Å². The Kier molecular flexibility index (Phi) is 8.94. The zero-order valence-corrected chi connectivity index (χ0v) is 34.0. The Morgan fingerprint density at radius 2 is 0.951 bits per heavy atom. The van der Waals surface area contributed by atoms with Crippen LogP contribution < -0.4 is 0 Å². The van der Waals surface area contributed by atoms with Crippen molar-refractivity contribution in [1.82, 2.24) is 29.5 Å². The largest absolute Gasteiger partial charge is 0.310 e. The molecule has 11 rings (SSSR count). The van der Waals surface area contributed by atoms with Gasteiger partial charge in [-0.15, -0.1) is 11.3 Å². The molecule has 0 radical (unpaired) electrons. The Balaban J connectivity index is 0.974. The molecule has 288 valence electrons. The summed E-state index contributed by atoms with van der Waals surface area (Å²) in [6.07, 6.45) is 4.00. The van der Waals surface area contributed by atoms with Crippen LogP contribution in [0, 0.1) is 0 Å². The SMILES string of the molecule is C=C/C(=C\C)n1c2ccccc2c2cc(-c3nc(-c4ccc(-c5ccc(-c6nc(-c7ccccc7)nc(-c7ccccc7)n6)cc5)cc4)c4sc5ccccc5c4n3)ccc21. The molecule has 0 fully saturated rings.